The third-order valence-corrected chi connectivity index (χ3v) is 5.13. The molecule has 0 saturated heterocycles. The van der Waals surface area contributed by atoms with E-state index in [-0.39, 0.29) is 22.8 Å². The minimum Gasteiger partial charge on any atom is -0.348 e. The van der Waals surface area contributed by atoms with Gasteiger partial charge in [0.05, 0.1) is 4.90 Å². The zero-order chi connectivity index (χ0) is 17.9. The number of carbonyl (C=O) groups is 1. The van der Waals surface area contributed by atoms with Crippen molar-refractivity contribution in [2.24, 2.45) is 0 Å². The van der Waals surface area contributed by atoms with E-state index in [1.165, 1.54) is 25.2 Å². The van der Waals surface area contributed by atoms with Gasteiger partial charge in [-0.05, 0) is 55.8 Å². The lowest BCUT2D eigenvalue weighted by atomic mass is 10.1. The number of halogens is 1. The van der Waals surface area contributed by atoms with E-state index in [2.05, 4.69) is 10.0 Å². The molecule has 2 rings (SSSR count). The van der Waals surface area contributed by atoms with E-state index in [4.69, 9.17) is 0 Å². The first-order valence-corrected chi connectivity index (χ1v) is 8.80. The molecule has 0 aliphatic rings. The van der Waals surface area contributed by atoms with Gasteiger partial charge in [0, 0.05) is 12.1 Å². The molecule has 2 aromatic rings. The monoisotopic (exact) mass is 350 g/mol. The van der Waals surface area contributed by atoms with Crippen LogP contribution in [0.15, 0.2) is 41.3 Å². The highest BCUT2D eigenvalue weighted by molar-refractivity contribution is 7.89. The molecule has 0 unspecified atom stereocenters. The van der Waals surface area contributed by atoms with Gasteiger partial charge in [0.2, 0.25) is 10.0 Å². The first-order valence-electron chi connectivity index (χ1n) is 7.32. The van der Waals surface area contributed by atoms with Crippen LogP contribution in [0.3, 0.4) is 0 Å². The summed E-state index contributed by atoms with van der Waals surface area (Å²) in [4.78, 5) is 12.4. The Bertz CT molecular complexity index is 879. The Labute approximate surface area is 141 Å². The molecule has 7 heteroatoms. The second-order valence-electron chi connectivity index (χ2n) is 5.45. The molecule has 0 fully saturated rings. The highest BCUT2D eigenvalue weighted by Crippen LogP contribution is 2.16. The summed E-state index contributed by atoms with van der Waals surface area (Å²) in [6, 6.07) is 9.07. The standard InChI is InChI=1S/C17H19FN2O3S/c1-11-5-7-14(24(22,23)19-3)9-15(11)17(21)20-10-13-6-4-12(2)16(18)8-13/h4-9,19H,10H2,1-3H3,(H,20,21). The number of hydrogen-bond acceptors (Lipinski definition) is 3. The quantitative estimate of drug-likeness (QED) is 0.869. The van der Waals surface area contributed by atoms with E-state index in [0.717, 1.165) is 0 Å². The van der Waals surface area contributed by atoms with Gasteiger partial charge >= 0.3 is 0 Å². The topological polar surface area (TPSA) is 75.3 Å². The third-order valence-electron chi connectivity index (χ3n) is 3.72. The van der Waals surface area contributed by atoms with E-state index in [1.54, 1.807) is 32.0 Å². The molecule has 1 amide bonds. The maximum atomic E-state index is 13.5. The fraction of sp³-hybridized carbons (Fsp3) is 0.235. The minimum atomic E-state index is -3.63. The molecule has 0 bridgehead atoms. The molecule has 0 aromatic heterocycles. The molecule has 0 aliphatic carbocycles. The Morgan fingerprint density at radius 3 is 2.38 bits per heavy atom. The Kier molecular flexibility index (Phi) is 5.36. The maximum Gasteiger partial charge on any atom is 0.251 e. The molecule has 128 valence electrons. The van der Waals surface area contributed by atoms with Gasteiger partial charge in [0.15, 0.2) is 0 Å². The predicted octanol–water partition coefficient (Wildman–Crippen LogP) is 2.28. The van der Waals surface area contributed by atoms with Gasteiger partial charge in [-0.3, -0.25) is 4.79 Å². The first kappa shape index (κ1) is 18.1. The van der Waals surface area contributed by atoms with Crippen LogP contribution < -0.4 is 10.0 Å². The summed E-state index contributed by atoms with van der Waals surface area (Å²) in [7, 11) is -2.32. The van der Waals surface area contributed by atoms with Gasteiger partial charge < -0.3 is 5.32 Å². The van der Waals surface area contributed by atoms with Gasteiger partial charge in [-0.15, -0.1) is 0 Å². The summed E-state index contributed by atoms with van der Waals surface area (Å²) in [5, 5.41) is 2.68. The first-order chi connectivity index (χ1) is 11.2. The average molecular weight is 350 g/mol. The molecule has 0 atom stereocenters. The lowest BCUT2D eigenvalue weighted by molar-refractivity contribution is 0.0950. The fourth-order valence-electron chi connectivity index (χ4n) is 2.15. The van der Waals surface area contributed by atoms with Crippen LogP contribution in [0.25, 0.3) is 0 Å². The number of sulfonamides is 1. The summed E-state index contributed by atoms with van der Waals surface area (Å²) in [6.07, 6.45) is 0. The number of hydrogen-bond donors (Lipinski definition) is 2. The zero-order valence-electron chi connectivity index (χ0n) is 13.7. The lowest BCUT2D eigenvalue weighted by Crippen LogP contribution is -2.25. The largest absolute Gasteiger partial charge is 0.348 e. The molecule has 0 heterocycles. The highest BCUT2D eigenvalue weighted by Gasteiger charge is 2.16. The molecule has 0 aliphatic heterocycles. The molecular weight excluding hydrogens is 331 g/mol. The summed E-state index contributed by atoms with van der Waals surface area (Å²) in [6.45, 7) is 3.53. The van der Waals surface area contributed by atoms with Crippen molar-refractivity contribution in [3.8, 4) is 0 Å². The van der Waals surface area contributed by atoms with Crippen molar-refractivity contribution in [2.45, 2.75) is 25.3 Å². The second kappa shape index (κ2) is 7.11. The minimum absolute atomic E-state index is 0.0159. The normalized spacial score (nSPS) is 11.3. The third kappa shape index (κ3) is 3.98. The van der Waals surface area contributed by atoms with Crippen LogP contribution in [-0.4, -0.2) is 21.4 Å². The molecule has 0 radical (unpaired) electrons. The van der Waals surface area contributed by atoms with Crippen molar-refractivity contribution in [3.05, 3.63) is 64.5 Å². The van der Waals surface area contributed by atoms with Crippen molar-refractivity contribution < 1.29 is 17.6 Å². The Morgan fingerprint density at radius 1 is 1.08 bits per heavy atom. The molecule has 0 spiro atoms. The number of amides is 1. The Morgan fingerprint density at radius 2 is 1.75 bits per heavy atom. The van der Waals surface area contributed by atoms with Crippen LogP contribution in [-0.2, 0) is 16.6 Å². The van der Waals surface area contributed by atoms with Gasteiger partial charge in [0.1, 0.15) is 5.82 Å². The lowest BCUT2D eigenvalue weighted by Gasteiger charge is -2.10. The fourth-order valence-corrected chi connectivity index (χ4v) is 2.91. The van der Waals surface area contributed by atoms with Crippen molar-refractivity contribution >= 4 is 15.9 Å². The van der Waals surface area contributed by atoms with E-state index < -0.39 is 15.9 Å². The number of carbonyl (C=O) groups excluding carboxylic acids is 1. The number of nitrogens with one attached hydrogen (secondary N) is 2. The van der Waals surface area contributed by atoms with E-state index in [0.29, 0.717) is 16.7 Å². The maximum absolute atomic E-state index is 13.5. The van der Waals surface area contributed by atoms with E-state index >= 15 is 0 Å². The van der Waals surface area contributed by atoms with Crippen molar-refractivity contribution in [2.75, 3.05) is 7.05 Å². The van der Waals surface area contributed by atoms with Crippen molar-refractivity contribution in [3.63, 3.8) is 0 Å². The number of aryl methyl sites for hydroxylation is 2. The number of benzene rings is 2. The molecule has 0 saturated carbocycles. The van der Waals surface area contributed by atoms with Gasteiger partial charge in [-0.1, -0.05) is 18.2 Å². The predicted molar refractivity (Wildman–Crippen MR) is 89.7 cm³/mol. The van der Waals surface area contributed by atoms with Crippen LogP contribution >= 0.6 is 0 Å². The zero-order valence-corrected chi connectivity index (χ0v) is 14.5. The van der Waals surface area contributed by atoms with Gasteiger partial charge in [-0.2, -0.15) is 0 Å². The van der Waals surface area contributed by atoms with Crippen LogP contribution in [0.4, 0.5) is 4.39 Å². The SMILES string of the molecule is CNS(=O)(=O)c1ccc(C)c(C(=O)NCc2ccc(C)c(F)c2)c1. The van der Waals surface area contributed by atoms with Crippen LogP contribution in [0.1, 0.15) is 27.0 Å². The Hall–Kier alpha value is -2.25. The molecule has 2 N–H and O–H groups in total. The van der Waals surface area contributed by atoms with Gasteiger partial charge in [-0.25, -0.2) is 17.5 Å². The molecule has 24 heavy (non-hydrogen) atoms. The van der Waals surface area contributed by atoms with E-state index in [9.17, 15) is 17.6 Å². The summed E-state index contributed by atoms with van der Waals surface area (Å²) in [5.41, 5.74) is 2.07. The van der Waals surface area contributed by atoms with Crippen LogP contribution in [0, 0.1) is 19.7 Å². The molecule has 5 nitrogen and oxygen atoms in total. The smallest absolute Gasteiger partial charge is 0.251 e. The second-order valence-corrected chi connectivity index (χ2v) is 7.34. The average Bonchev–Trinajstić information content (AvgIpc) is 2.55. The van der Waals surface area contributed by atoms with Gasteiger partial charge in [0.25, 0.3) is 5.91 Å². The highest BCUT2D eigenvalue weighted by atomic mass is 32.2. The molecule has 2 aromatic carbocycles. The van der Waals surface area contributed by atoms with E-state index in [1.807, 2.05) is 0 Å². The molecular formula is C17H19FN2O3S. The number of rotatable bonds is 5. The Balaban J connectivity index is 2.20. The van der Waals surface area contributed by atoms with Crippen molar-refractivity contribution in [1.82, 2.24) is 10.0 Å². The van der Waals surface area contributed by atoms with Crippen LogP contribution in [0.2, 0.25) is 0 Å². The summed E-state index contributed by atoms with van der Waals surface area (Å²) in [5.74, 6) is -0.748. The summed E-state index contributed by atoms with van der Waals surface area (Å²) >= 11 is 0. The van der Waals surface area contributed by atoms with Crippen molar-refractivity contribution in [1.29, 1.82) is 0 Å². The summed E-state index contributed by atoms with van der Waals surface area (Å²) < 4.78 is 39.4. The van der Waals surface area contributed by atoms with Crippen LogP contribution in [0.5, 0.6) is 0 Å².